The number of hydrogen-bond acceptors (Lipinski definition) is 5. The molecule has 0 bridgehead atoms. The van der Waals surface area contributed by atoms with Crippen molar-refractivity contribution < 1.29 is 17.9 Å². The Balaban J connectivity index is 0.00000420. The normalized spacial score (nSPS) is 15.2. The summed E-state index contributed by atoms with van der Waals surface area (Å²) in [6.07, 6.45) is 0.880. The Morgan fingerprint density at radius 1 is 1.24 bits per heavy atom. The lowest BCUT2D eigenvalue weighted by atomic mass is 10.1. The van der Waals surface area contributed by atoms with E-state index < -0.39 is 15.4 Å². The van der Waals surface area contributed by atoms with Crippen molar-refractivity contribution >= 4 is 45.9 Å². The number of nitrogens with one attached hydrogen (secondary N) is 2. The van der Waals surface area contributed by atoms with Crippen LogP contribution >= 0.6 is 24.0 Å². The van der Waals surface area contributed by atoms with Crippen LogP contribution in [0.1, 0.15) is 33.3 Å². The van der Waals surface area contributed by atoms with Crippen molar-refractivity contribution in [2.24, 2.45) is 4.99 Å². The highest BCUT2D eigenvalue weighted by molar-refractivity contribution is 14.0. The number of likely N-dealkylation sites (tertiary alicyclic amines) is 1. The number of ether oxygens (including phenoxy) is 1. The van der Waals surface area contributed by atoms with E-state index >= 15 is 0 Å². The number of hydrogen-bond donors (Lipinski definition) is 2. The average molecular weight is 538 g/mol. The molecule has 8 nitrogen and oxygen atoms in total. The SMILES string of the molecule is CCNC(=NCc1ccc(S(C)(=O)=O)cc1)NC1CN(C(=O)OC(C)(C)C)C1.I. The fraction of sp³-hybridized carbons (Fsp3) is 0.579. The minimum absolute atomic E-state index is 0. The predicted molar refractivity (Wildman–Crippen MR) is 125 cm³/mol. The lowest BCUT2D eigenvalue weighted by Crippen LogP contribution is -2.63. The second-order valence-electron chi connectivity index (χ2n) is 7.84. The molecule has 1 amide bonds. The van der Waals surface area contributed by atoms with Gasteiger partial charge in [-0.1, -0.05) is 12.1 Å². The van der Waals surface area contributed by atoms with E-state index in [1.807, 2.05) is 27.7 Å². The third kappa shape index (κ3) is 8.37. The fourth-order valence-corrected chi connectivity index (χ4v) is 3.20. The number of rotatable bonds is 5. The molecule has 0 saturated carbocycles. The van der Waals surface area contributed by atoms with Crippen LogP contribution in [0, 0.1) is 0 Å². The molecule has 0 radical (unpaired) electrons. The summed E-state index contributed by atoms with van der Waals surface area (Å²) in [5.74, 6) is 0.656. The van der Waals surface area contributed by atoms with Gasteiger partial charge in [0.25, 0.3) is 0 Å². The summed E-state index contributed by atoms with van der Waals surface area (Å²) in [7, 11) is -3.20. The maximum absolute atomic E-state index is 12.0. The molecule has 1 aliphatic rings. The lowest BCUT2D eigenvalue weighted by Gasteiger charge is -2.40. The van der Waals surface area contributed by atoms with Crippen LogP contribution in [0.25, 0.3) is 0 Å². The van der Waals surface area contributed by atoms with Crippen LogP contribution < -0.4 is 10.6 Å². The molecule has 164 valence electrons. The molecule has 10 heteroatoms. The quantitative estimate of drug-likeness (QED) is 0.340. The molecular weight excluding hydrogens is 507 g/mol. The molecule has 0 spiro atoms. The third-order valence-corrected chi connectivity index (χ3v) is 5.12. The monoisotopic (exact) mass is 538 g/mol. The number of guanidine groups is 1. The van der Waals surface area contributed by atoms with Crippen molar-refractivity contribution in [3.05, 3.63) is 29.8 Å². The summed E-state index contributed by atoms with van der Waals surface area (Å²) >= 11 is 0. The number of carbonyl (C=O) groups excluding carboxylic acids is 1. The second-order valence-corrected chi connectivity index (χ2v) is 9.85. The summed E-state index contributed by atoms with van der Waals surface area (Å²) < 4.78 is 28.4. The van der Waals surface area contributed by atoms with Crippen molar-refractivity contribution in [2.75, 3.05) is 25.9 Å². The molecule has 1 aromatic carbocycles. The van der Waals surface area contributed by atoms with E-state index in [1.165, 1.54) is 6.26 Å². The number of aliphatic imine (C=N–C) groups is 1. The summed E-state index contributed by atoms with van der Waals surface area (Å²) in [6, 6.07) is 6.81. The zero-order valence-corrected chi connectivity index (χ0v) is 20.7. The topological polar surface area (TPSA) is 100 Å². The molecule has 0 atom stereocenters. The van der Waals surface area contributed by atoms with Gasteiger partial charge < -0.3 is 20.3 Å². The number of amides is 1. The van der Waals surface area contributed by atoms with Gasteiger partial charge in [-0.2, -0.15) is 0 Å². The van der Waals surface area contributed by atoms with Gasteiger partial charge in [-0.25, -0.2) is 18.2 Å². The van der Waals surface area contributed by atoms with Gasteiger partial charge in [-0.15, -0.1) is 24.0 Å². The fourth-order valence-electron chi connectivity index (χ4n) is 2.57. The molecule has 2 N–H and O–H groups in total. The molecule has 2 rings (SSSR count). The largest absolute Gasteiger partial charge is 0.444 e. The first kappa shape index (κ1) is 25.5. The predicted octanol–water partition coefficient (Wildman–Crippen LogP) is 2.38. The van der Waals surface area contributed by atoms with Crippen LogP contribution in [-0.4, -0.2) is 62.9 Å². The Morgan fingerprint density at radius 3 is 2.31 bits per heavy atom. The maximum atomic E-state index is 12.0. The van der Waals surface area contributed by atoms with Gasteiger partial charge in [-0.3, -0.25) is 0 Å². The number of nitrogens with zero attached hydrogens (tertiary/aromatic N) is 2. The molecular formula is C19H31IN4O4S. The molecule has 1 fully saturated rings. The first-order valence-electron chi connectivity index (χ1n) is 9.29. The molecule has 0 unspecified atom stereocenters. The Hall–Kier alpha value is -1.56. The van der Waals surface area contributed by atoms with E-state index in [0.29, 0.717) is 37.0 Å². The molecule has 29 heavy (non-hydrogen) atoms. The smallest absolute Gasteiger partial charge is 0.410 e. The Morgan fingerprint density at radius 2 is 1.83 bits per heavy atom. The first-order chi connectivity index (χ1) is 13.0. The Bertz CT molecular complexity index is 814. The second kappa shape index (κ2) is 10.5. The third-order valence-electron chi connectivity index (χ3n) is 3.99. The molecule has 1 aliphatic heterocycles. The van der Waals surface area contributed by atoms with Gasteiger partial charge in [0.15, 0.2) is 15.8 Å². The number of carbonyl (C=O) groups is 1. The standard InChI is InChI=1S/C19H30N4O4S.HI/c1-6-20-17(21-11-14-7-9-16(10-8-14)28(5,25)26)22-15-12-23(13-15)18(24)27-19(2,3)4;/h7-10,15H,6,11-13H2,1-5H3,(H2,20,21,22);1H. The highest BCUT2D eigenvalue weighted by Gasteiger charge is 2.34. The number of sulfone groups is 1. The van der Waals surface area contributed by atoms with Crippen molar-refractivity contribution in [1.29, 1.82) is 0 Å². The molecule has 0 aromatic heterocycles. The zero-order chi connectivity index (χ0) is 20.9. The van der Waals surface area contributed by atoms with Crippen LogP contribution in [0.2, 0.25) is 0 Å². The first-order valence-corrected chi connectivity index (χ1v) is 11.2. The van der Waals surface area contributed by atoms with Gasteiger partial charge in [0.2, 0.25) is 0 Å². The molecule has 1 aromatic rings. The van der Waals surface area contributed by atoms with E-state index in [9.17, 15) is 13.2 Å². The highest BCUT2D eigenvalue weighted by Crippen LogP contribution is 2.15. The van der Waals surface area contributed by atoms with Gasteiger partial charge in [0, 0.05) is 25.9 Å². The van der Waals surface area contributed by atoms with Crippen LogP contribution in [0.5, 0.6) is 0 Å². The summed E-state index contributed by atoms with van der Waals surface area (Å²) in [6.45, 7) is 9.76. The van der Waals surface area contributed by atoms with Crippen molar-refractivity contribution in [3.8, 4) is 0 Å². The van der Waals surface area contributed by atoms with Gasteiger partial charge in [-0.05, 0) is 45.4 Å². The number of halogens is 1. The van der Waals surface area contributed by atoms with Crippen LogP contribution in [0.3, 0.4) is 0 Å². The molecule has 0 aliphatic carbocycles. The highest BCUT2D eigenvalue weighted by atomic mass is 127. The lowest BCUT2D eigenvalue weighted by molar-refractivity contribution is 0.00700. The van der Waals surface area contributed by atoms with E-state index in [1.54, 1.807) is 29.2 Å². The van der Waals surface area contributed by atoms with Crippen molar-refractivity contribution in [1.82, 2.24) is 15.5 Å². The van der Waals surface area contributed by atoms with Crippen LogP contribution in [-0.2, 0) is 21.1 Å². The van der Waals surface area contributed by atoms with Crippen LogP contribution in [0.15, 0.2) is 34.2 Å². The van der Waals surface area contributed by atoms with Crippen LogP contribution in [0.4, 0.5) is 4.79 Å². The Kier molecular flexibility index (Phi) is 9.19. The minimum atomic E-state index is -3.20. The van der Waals surface area contributed by atoms with Gasteiger partial charge in [0.05, 0.1) is 17.5 Å². The molecule has 1 saturated heterocycles. The van der Waals surface area contributed by atoms with E-state index in [-0.39, 0.29) is 36.1 Å². The average Bonchev–Trinajstić information content (AvgIpc) is 2.53. The van der Waals surface area contributed by atoms with E-state index in [4.69, 9.17) is 4.74 Å². The molecule has 1 heterocycles. The minimum Gasteiger partial charge on any atom is -0.444 e. The maximum Gasteiger partial charge on any atom is 0.410 e. The van der Waals surface area contributed by atoms with Crippen molar-refractivity contribution in [2.45, 2.75) is 50.8 Å². The zero-order valence-electron chi connectivity index (χ0n) is 17.6. The summed E-state index contributed by atoms with van der Waals surface area (Å²) in [4.78, 5) is 18.5. The van der Waals surface area contributed by atoms with Gasteiger partial charge in [0.1, 0.15) is 5.60 Å². The summed E-state index contributed by atoms with van der Waals surface area (Å²) in [5, 5.41) is 6.48. The summed E-state index contributed by atoms with van der Waals surface area (Å²) in [5.41, 5.74) is 0.409. The van der Waals surface area contributed by atoms with Crippen molar-refractivity contribution in [3.63, 3.8) is 0 Å². The number of benzene rings is 1. The van der Waals surface area contributed by atoms with E-state index in [2.05, 4.69) is 15.6 Å². The van der Waals surface area contributed by atoms with Gasteiger partial charge >= 0.3 is 6.09 Å². The van der Waals surface area contributed by atoms with E-state index in [0.717, 1.165) is 5.56 Å². The Labute approximate surface area is 190 Å².